The van der Waals surface area contributed by atoms with Crippen molar-refractivity contribution in [3.05, 3.63) is 65.2 Å². The maximum absolute atomic E-state index is 10.1. The first-order chi connectivity index (χ1) is 10.9. The van der Waals surface area contributed by atoms with E-state index in [1.165, 1.54) is 11.1 Å². The van der Waals surface area contributed by atoms with Crippen LogP contribution in [-0.2, 0) is 0 Å². The fourth-order valence-electron chi connectivity index (χ4n) is 2.66. The highest BCUT2D eigenvalue weighted by Crippen LogP contribution is 2.35. The van der Waals surface area contributed by atoms with E-state index in [0.717, 1.165) is 16.3 Å². The Hall–Kier alpha value is -2.13. The monoisotopic (exact) mass is 310 g/mol. The summed E-state index contributed by atoms with van der Waals surface area (Å²) >= 11 is 0. The average molecular weight is 310 g/mol. The van der Waals surface area contributed by atoms with Gasteiger partial charge in [0.1, 0.15) is 0 Å². The molecule has 0 saturated carbocycles. The summed E-state index contributed by atoms with van der Waals surface area (Å²) in [6.07, 6.45) is 0. The molecule has 2 rings (SSSR count). The number of nitrogens with zero attached hydrogens (tertiary/aromatic N) is 2. The quantitative estimate of drug-likeness (QED) is 0.470. The minimum Gasteiger partial charge on any atom is -0.287 e. The summed E-state index contributed by atoms with van der Waals surface area (Å²) in [6.45, 7) is 8.68. The Kier molecular flexibility index (Phi) is 5.56. The Morgan fingerprint density at radius 2 is 1.39 bits per heavy atom. The number of aliphatic imine (C=N–C) groups is 1. The van der Waals surface area contributed by atoms with Gasteiger partial charge in [-0.25, -0.2) is 10.1 Å². The molecule has 122 valence electrons. The van der Waals surface area contributed by atoms with Crippen molar-refractivity contribution in [1.29, 1.82) is 0 Å². The Morgan fingerprint density at radius 1 is 0.870 bits per heavy atom. The molecule has 3 nitrogen and oxygen atoms in total. The lowest BCUT2D eigenvalue weighted by atomic mass is 9.93. The molecule has 2 aromatic rings. The van der Waals surface area contributed by atoms with Crippen LogP contribution in [-0.4, -0.2) is 23.2 Å². The van der Waals surface area contributed by atoms with Crippen molar-refractivity contribution >= 4 is 11.5 Å². The summed E-state index contributed by atoms with van der Waals surface area (Å²) < 4.78 is 0. The van der Waals surface area contributed by atoms with Crippen LogP contribution in [0.5, 0.6) is 0 Å². The van der Waals surface area contributed by atoms with Crippen molar-refractivity contribution < 1.29 is 5.21 Å². The molecule has 0 aliphatic carbocycles. The highest BCUT2D eigenvalue weighted by atomic mass is 16.5. The first kappa shape index (κ1) is 17.2. The molecule has 1 N–H and O–H groups in total. The minimum atomic E-state index is 0.369. The molecule has 23 heavy (non-hydrogen) atoms. The Balaban J connectivity index is 2.67. The molecule has 0 aromatic heterocycles. The summed E-state index contributed by atoms with van der Waals surface area (Å²) in [5.41, 5.74) is 4.26. The van der Waals surface area contributed by atoms with Crippen molar-refractivity contribution in [3.63, 3.8) is 0 Å². The lowest BCUT2D eigenvalue weighted by molar-refractivity contribution is 0.0143. The second kappa shape index (κ2) is 7.42. The molecule has 0 saturated heterocycles. The topological polar surface area (TPSA) is 35.8 Å². The molecular formula is C20H26N2O. The molecule has 0 heterocycles. The van der Waals surface area contributed by atoms with E-state index in [0.29, 0.717) is 17.7 Å². The van der Waals surface area contributed by atoms with Gasteiger partial charge < -0.3 is 0 Å². The summed E-state index contributed by atoms with van der Waals surface area (Å²) in [7, 11) is 1.61. The lowest BCUT2D eigenvalue weighted by Crippen LogP contribution is -2.23. The van der Waals surface area contributed by atoms with Gasteiger partial charge in [0, 0.05) is 12.6 Å². The summed E-state index contributed by atoms with van der Waals surface area (Å²) in [5.74, 6) is 1.29. The molecule has 0 radical (unpaired) electrons. The third-order valence-electron chi connectivity index (χ3n) is 3.90. The Bertz CT molecular complexity index is 647. The van der Waals surface area contributed by atoms with Crippen LogP contribution < -0.4 is 0 Å². The van der Waals surface area contributed by atoms with Crippen LogP contribution in [0.15, 0.2) is 53.5 Å². The first-order valence-electron chi connectivity index (χ1n) is 8.11. The van der Waals surface area contributed by atoms with Crippen LogP contribution in [0.25, 0.3) is 0 Å². The maximum Gasteiger partial charge on any atom is 0.159 e. The zero-order chi connectivity index (χ0) is 17.0. The first-order valence-corrected chi connectivity index (χ1v) is 8.11. The molecule has 0 amide bonds. The second-order valence-corrected chi connectivity index (χ2v) is 6.42. The minimum absolute atomic E-state index is 0.369. The number of amidine groups is 1. The van der Waals surface area contributed by atoms with Crippen LogP contribution in [0.1, 0.15) is 56.2 Å². The van der Waals surface area contributed by atoms with E-state index in [1.807, 2.05) is 30.3 Å². The van der Waals surface area contributed by atoms with Gasteiger partial charge in [0.15, 0.2) is 5.84 Å². The number of hydrogen-bond donors (Lipinski definition) is 1. The molecule has 0 spiro atoms. The number of rotatable bonds is 4. The average Bonchev–Trinajstić information content (AvgIpc) is 2.52. The van der Waals surface area contributed by atoms with Gasteiger partial charge in [-0.15, -0.1) is 0 Å². The molecule has 2 aromatic carbocycles. The van der Waals surface area contributed by atoms with E-state index < -0.39 is 0 Å². The van der Waals surface area contributed by atoms with Crippen LogP contribution >= 0.6 is 0 Å². The predicted octanol–water partition coefficient (Wildman–Crippen LogP) is 5.33. The van der Waals surface area contributed by atoms with Gasteiger partial charge in [-0.05, 0) is 23.0 Å². The van der Waals surface area contributed by atoms with Gasteiger partial charge in [0.05, 0.1) is 5.69 Å². The lowest BCUT2D eigenvalue weighted by Gasteiger charge is -2.20. The van der Waals surface area contributed by atoms with E-state index >= 15 is 0 Å². The molecule has 0 aliphatic heterocycles. The normalized spacial score (nSPS) is 12.1. The maximum atomic E-state index is 10.1. The Morgan fingerprint density at radius 3 is 1.83 bits per heavy atom. The van der Waals surface area contributed by atoms with Gasteiger partial charge in [-0.2, -0.15) is 0 Å². The van der Waals surface area contributed by atoms with Crippen molar-refractivity contribution in [2.24, 2.45) is 4.99 Å². The number of benzene rings is 2. The zero-order valence-electron chi connectivity index (χ0n) is 14.6. The van der Waals surface area contributed by atoms with Crippen LogP contribution in [0.3, 0.4) is 0 Å². The number of para-hydroxylation sites is 1. The standard InChI is InChI=1S/C20H26N2O/c1-14(2)17-12-9-13-18(15(3)4)19(17)21-20(22(5)23)16-10-7-6-8-11-16/h6-15,23H,1-5H3. The van der Waals surface area contributed by atoms with E-state index in [1.54, 1.807) is 7.05 Å². The van der Waals surface area contributed by atoms with Gasteiger partial charge in [-0.3, -0.25) is 5.21 Å². The van der Waals surface area contributed by atoms with E-state index in [-0.39, 0.29) is 0 Å². The molecule has 0 fully saturated rings. The highest BCUT2D eigenvalue weighted by Gasteiger charge is 2.16. The molecule has 0 bridgehead atoms. The van der Waals surface area contributed by atoms with Crippen molar-refractivity contribution in [1.82, 2.24) is 5.06 Å². The SMILES string of the molecule is CC(C)c1cccc(C(C)C)c1N=C(c1ccccc1)N(C)O. The highest BCUT2D eigenvalue weighted by molar-refractivity contribution is 5.99. The summed E-state index contributed by atoms with van der Waals surface area (Å²) in [4.78, 5) is 4.86. The second-order valence-electron chi connectivity index (χ2n) is 6.42. The van der Waals surface area contributed by atoms with E-state index in [4.69, 9.17) is 4.99 Å². The fraction of sp³-hybridized carbons (Fsp3) is 0.350. The molecule has 3 heteroatoms. The van der Waals surface area contributed by atoms with Crippen LogP contribution in [0.2, 0.25) is 0 Å². The predicted molar refractivity (Wildman–Crippen MR) is 96.8 cm³/mol. The van der Waals surface area contributed by atoms with Gasteiger partial charge in [0.2, 0.25) is 0 Å². The fourth-order valence-corrected chi connectivity index (χ4v) is 2.66. The van der Waals surface area contributed by atoms with Gasteiger partial charge in [-0.1, -0.05) is 76.2 Å². The third-order valence-corrected chi connectivity index (χ3v) is 3.90. The van der Waals surface area contributed by atoms with Gasteiger partial charge >= 0.3 is 0 Å². The summed E-state index contributed by atoms with van der Waals surface area (Å²) in [6, 6.07) is 16.1. The van der Waals surface area contributed by atoms with Crippen LogP contribution in [0, 0.1) is 0 Å². The molecular weight excluding hydrogens is 284 g/mol. The van der Waals surface area contributed by atoms with E-state index in [9.17, 15) is 5.21 Å². The van der Waals surface area contributed by atoms with Gasteiger partial charge in [0.25, 0.3) is 0 Å². The molecule has 0 unspecified atom stereocenters. The molecule has 0 aliphatic rings. The molecule has 0 atom stereocenters. The van der Waals surface area contributed by atoms with Crippen molar-refractivity contribution in [2.75, 3.05) is 7.05 Å². The zero-order valence-corrected chi connectivity index (χ0v) is 14.6. The smallest absolute Gasteiger partial charge is 0.159 e. The number of hydrogen-bond acceptors (Lipinski definition) is 2. The van der Waals surface area contributed by atoms with E-state index in [2.05, 4.69) is 45.9 Å². The number of hydroxylamine groups is 2. The Labute approximate surface area is 139 Å². The van der Waals surface area contributed by atoms with Crippen molar-refractivity contribution in [3.8, 4) is 0 Å². The van der Waals surface area contributed by atoms with Crippen LogP contribution in [0.4, 0.5) is 5.69 Å². The van der Waals surface area contributed by atoms with Crippen molar-refractivity contribution in [2.45, 2.75) is 39.5 Å². The summed E-state index contributed by atoms with van der Waals surface area (Å²) in [5, 5.41) is 11.2. The third kappa shape index (κ3) is 3.99. The largest absolute Gasteiger partial charge is 0.287 e.